The highest BCUT2D eigenvalue weighted by Crippen LogP contribution is 2.30. The molecule has 0 spiro atoms. The molecule has 1 aromatic heterocycles. The second-order valence-corrected chi connectivity index (χ2v) is 5.53. The number of fused-ring (bicyclic) bond motifs is 1. The number of rotatable bonds is 1. The normalized spacial score (nSPS) is 11.8. The van der Waals surface area contributed by atoms with Crippen LogP contribution in [0.25, 0.3) is 16.7 Å². The highest BCUT2D eigenvalue weighted by atomic mass is 79.9. The van der Waals surface area contributed by atoms with Crippen molar-refractivity contribution in [3.8, 4) is 5.69 Å². The Kier molecular flexibility index (Phi) is 3.52. The van der Waals surface area contributed by atoms with Crippen molar-refractivity contribution in [3.63, 3.8) is 0 Å². The van der Waals surface area contributed by atoms with Crippen molar-refractivity contribution in [3.05, 3.63) is 69.1 Å². The minimum atomic E-state index is -4.47. The number of nitrogens with zero attached hydrogens (tertiary/aromatic N) is 2. The number of aromatic nitrogens is 2. The van der Waals surface area contributed by atoms with E-state index in [4.69, 9.17) is 0 Å². The Morgan fingerprint density at radius 1 is 1.09 bits per heavy atom. The predicted octanol–water partition coefficient (Wildman–Crippen LogP) is 4.17. The molecule has 0 amide bonds. The summed E-state index contributed by atoms with van der Waals surface area (Å²) in [5.74, 6) is 0. The van der Waals surface area contributed by atoms with Gasteiger partial charge < -0.3 is 0 Å². The Hall–Kier alpha value is -2.15. The molecule has 7 heteroatoms. The van der Waals surface area contributed by atoms with Crippen LogP contribution in [0, 0.1) is 0 Å². The largest absolute Gasteiger partial charge is 0.416 e. The number of hydrogen-bond acceptors (Lipinski definition) is 2. The van der Waals surface area contributed by atoms with Crippen molar-refractivity contribution < 1.29 is 13.2 Å². The first-order chi connectivity index (χ1) is 10.4. The van der Waals surface area contributed by atoms with Crippen molar-refractivity contribution in [2.75, 3.05) is 0 Å². The van der Waals surface area contributed by atoms with Crippen LogP contribution in [0.4, 0.5) is 13.2 Å². The van der Waals surface area contributed by atoms with E-state index in [2.05, 4.69) is 20.9 Å². The quantitative estimate of drug-likeness (QED) is 0.646. The van der Waals surface area contributed by atoms with E-state index in [0.717, 1.165) is 18.3 Å². The van der Waals surface area contributed by atoms with Gasteiger partial charge in [-0.1, -0.05) is 22.0 Å². The van der Waals surface area contributed by atoms with Crippen molar-refractivity contribution in [1.82, 2.24) is 9.55 Å². The topological polar surface area (TPSA) is 34.9 Å². The number of benzene rings is 2. The van der Waals surface area contributed by atoms with Gasteiger partial charge >= 0.3 is 6.18 Å². The summed E-state index contributed by atoms with van der Waals surface area (Å²) in [6.45, 7) is 0. The third-order valence-corrected chi connectivity index (χ3v) is 3.64. The predicted molar refractivity (Wildman–Crippen MR) is 80.0 cm³/mol. The summed E-state index contributed by atoms with van der Waals surface area (Å²) < 4.78 is 40.5. The molecule has 0 aliphatic rings. The zero-order chi connectivity index (χ0) is 15.9. The van der Waals surface area contributed by atoms with Gasteiger partial charge in [-0.05, 0) is 36.4 Å². The van der Waals surface area contributed by atoms with Crippen molar-refractivity contribution in [2.24, 2.45) is 0 Å². The zero-order valence-electron chi connectivity index (χ0n) is 10.9. The summed E-state index contributed by atoms with van der Waals surface area (Å²) in [7, 11) is 0. The molecule has 3 rings (SSSR count). The second kappa shape index (κ2) is 5.24. The summed E-state index contributed by atoms with van der Waals surface area (Å²) in [6.07, 6.45) is -3.38. The SMILES string of the molecule is O=c1cnc2ccc(Br)cc2n1-c1cccc(C(F)(F)F)c1. The lowest BCUT2D eigenvalue weighted by molar-refractivity contribution is -0.137. The molecule has 0 radical (unpaired) electrons. The first-order valence-electron chi connectivity index (χ1n) is 6.21. The van der Waals surface area contributed by atoms with Gasteiger partial charge in [0.25, 0.3) is 5.56 Å². The molecule has 0 N–H and O–H groups in total. The molecule has 0 saturated carbocycles. The fourth-order valence-corrected chi connectivity index (χ4v) is 2.52. The monoisotopic (exact) mass is 368 g/mol. The molecule has 0 bridgehead atoms. The summed E-state index contributed by atoms with van der Waals surface area (Å²) >= 11 is 3.29. The van der Waals surface area contributed by atoms with E-state index >= 15 is 0 Å². The molecule has 3 nitrogen and oxygen atoms in total. The minimum absolute atomic E-state index is 0.144. The molecule has 3 aromatic rings. The number of alkyl halides is 3. The van der Waals surface area contributed by atoms with Gasteiger partial charge in [0.2, 0.25) is 0 Å². The third kappa shape index (κ3) is 2.64. The Morgan fingerprint density at radius 3 is 2.59 bits per heavy atom. The molecule has 0 saturated heterocycles. The van der Waals surface area contributed by atoms with Crippen LogP contribution in [0.1, 0.15) is 5.56 Å². The third-order valence-electron chi connectivity index (χ3n) is 3.14. The molecular formula is C15H8BrF3N2O. The smallest absolute Gasteiger partial charge is 0.274 e. The standard InChI is InChI=1S/C15H8BrF3N2O/c16-10-4-5-12-13(7-10)21(14(22)8-20-12)11-3-1-2-9(6-11)15(17,18)19/h1-8H. The Morgan fingerprint density at radius 2 is 1.86 bits per heavy atom. The molecule has 1 heterocycles. The minimum Gasteiger partial charge on any atom is -0.274 e. The maximum Gasteiger partial charge on any atom is 0.416 e. The first kappa shape index (κ1) is 14.8. The highest BCUT2D eigenvalue weighted by Gasteiger charge is 2.30. The van der Waals surface area contributed by atoms with Crippen molar-refractivity contribution >= 4 is 27.0 Å². The van der Waals surface area contributed by atoms with Crippen LogP contribution < -0.4 is 5.56 Å². The Balaban J connectivity index is 2.33. The molecule has 2 aromatic carbocycles. The summed E-state index contributed by atoms with van der Waals surface area (Å²) in [5.41, 5.74) is -0.214. The first-order valence-corrected chi connectivity index (χ1v) is 7.00. The van der Waals surface area contributed by atoms with Crippen molar-refractivity contribution in [1.29, 1.82) is 0 Å². The van der Waals surface area contributed by atoms with E-state index in [9.17, 15) is 18.0 Å². The van der Waals surface area contributed by atoms with Gasteiger partial charge in [0.15, 0.2) is 0 Å². The second-order valence-electron chi connectivity index (χ2n) is 4.61. The van der Waals surface area contributed by atoms with Gasteiger partial charge in [-0.2, -0.15) is 13.2 Å². The maximum absolute atomic E-state index is 12.9. The number of halogens is 4. The van der Waals surface area contributed by atoms with E-state index in [1.807, 2.05) is 0 Å². The lowest BCUT2D eigenvalue weighted by atomic mass is 10.2. The van der Waals surface area contributed by atoms with Gasteiger partial charge in [0, 0.05) is 10.2 Å². The molecule has 112 valence electrons. The molecule has 0 aliphatic heterocycles. The van der Waals surface area contributed by atoms with Gasteiger partial charge in [-0.15, -0.1) is 0 Å². The molecular weight excluding hydrogens is 361 g/mol. The molecule has 0 fully saturated rings. The molecule has 0 atom stereocenters. The summed E-state index contributed by atoms with van der Waals surface area (Å²) in [6, 6.07) is 9.71. The highest BCUT2D eigenvalue weighted by molar-refractivity contribution is 9.10. The van der Waals surface area contributed by atoms with Crippen LogP contribution in [0.3, 0.4) is 0 Å². The molecule has 22 heavy (non-hydrogen) atoms. The summed E-state index contributed by atoms with van der Waals surface area (Å²) in [4.78, 5) is 16.1. The van der Waals surface area contributed by atoms with Crippen LogP contribution in [-0.4, -0.2) is 9.55 Å². The van der Waals surface area contributed by atoms with Gasteiger partial charge in [-0.25, -0.2) is 4.98 Å². The molecule has 0 aliphatic carbocycles. The van der Waals surface area contributed by atoms with E-state index in [0.29, 0.717) is 15.5 Å². The fourth-order valence-electron chi connectivity index (χ4n) is 2.17. The fraction of sp³-hybridized carbons (Fsp3) is 0.0667. The van der Waals surface area contributed by atoms with Crippen LogP contribution in [0.15, 0.2) is 57.9 Å². The van der Waals surface area contributed by atoms with Gasteiger partial charge in [0.05, 0.1) is 22.8 Å². The summed E-state index contributed by atoms with van der Waals surface area (Å²) in [5, 5.41) is 0. The van der Waals surface area contributed by atoms with Crippen LogP contribution in [0.2, 0.25) is 0 Å². The number of hydrogen-bond donors (Lipinski definition) is 0. The van der Waals surface area contributed by atoms with E-state index < -0.39 is 17.3 Å². The van der Waals surface area contributed by atoms with Crippen LogP contribution in [0.5, 0.6) is 0 Å². The lowest BCUT2D eigenvalue weighted by Gasteiger charge is -2.12. The maximum atomic E-state index is 12.9. The van der Waals surface area contributed by atoms with Crippen LogP contribution in [-0.2, 0) is 6.18 Å². The Labute approximate surface area is 131 Å². The average molecular weight is 369 g/mol. The Bertz CT molecular complexity index is 919. The zero-order valence-corrected chi connectivity index (χ0v) is 12.5. The molecule has 0 unspecified atom stereocenters. The van der Waals surface area contributed by atoms with E-state index in [1.54, 1.807) is 18.2 Å². The van der Waals surface area contributed by atoms with Crippen molar-refractivity contribution in [2.45, 2.75) is 6.18 Å². The average Bonchev–Trinajstić information content (AvgIpc) is 2.46. The van der Waals surface area contributed by atoms with Gasteiger partial charge in [-0.3, -0.25) is 9.36 Å². The van der Waals surface area contributed by atoms with Gasteiger partial charge in [0.1, 0.15) is 0 Å². The lowest BCUT2D eigenvalue weighted by Crippen LogP contribution is -2.19. The van der Waals surface area contributed by atoms with Crippen LogP contribution >= 0.6 is 15.9 Å². The van der Waals surface area contributed by atoms with E-state index in [-0.39, 0.29) is 5.69 Å². The van der Waals surface area contributed by atoms with E-state index in [1.165, 1.54) is 16.7 Å².